The van der Waals surface area contributed by atoms with Gasteiger partial charge in [-0.15, -0.1) is 0 Å². The molecule has 1 N–H and O–H groups in total. The van der Waals surface area contributed by atoms with Crippen molar-refractivity contribution >= 4 is 5.97 Å². The van der Waals surface area contributed by atoms with Crippen molar-refractivity contribution in [3.8, 4) is 0 Å². The zero-order chi connectivity index (χ0) is 10.6. The summed E-state index contributed by atoms with van der Waals surface area (Å²) >= 11 is 0. The Bertz CT molecular complexity index is 186. The van der Waals surface area contributed by atoms with E-state index in [0.29, 0.717) is 12.0 Å². The third kappa shape index (κ3) is 3.66. The number of nitrogens with zero attached hydrogens (tertiary/aromatic N) is 1. The molecule has 0 aromatic heterocycles. The summed E-state index contributed by atoms with van der Waals surface area (Å²) in [5, 5.41) is 8.82. The molecule has 0 radical (unpaired) electrons. The van der Waals surface area contributed by atoms with Crippen LogP contribution < -0.4 is 0 Å². The number of carboxylic acid groups (broad SMARTS) is 1. The van der Waals surface area contributed by atoms with Crippen molar-refractivity contribution in [3.05, 3.63) is 0 Å². The molecular formula is C11H21NO2. The van der Waals surface area contributed by atoms with E-state index in [1.54, 1.807) is 0 Å². The van der Waals surface area contributed by atoms with Crippen LogP contribution >= 0.6 is 0 Å². The number of rotatable bonds is 5. The van der Waals surface area contributed by atoms with E-state index in [1.807, 2.05) is 0 Å². The van der Waals surface area contributed by atoms with E-state index in [2.05, 4.69) is 18.7 Å². The van der Waals surface area contributed by atoms with Crippen molar-refractivity contribution < 1.29 is 9.90 Å². The number of carbonyl (C=O) groups is 1. The molecule has 0 aromatic carbocycles. The quantitative estimate of drug-likeness (QED) is 0.736. The molecule has 1 fully saturated rings. The number of carboxylic acids is 1. The molecule has 3 heteroatoms. The van der Waals surface area contributed by atoms with E-state index in [9.17, 15) is 4.79 Å². The molecule has 0 atom stereocenters. The maximum atomic E-state index is 10.7. The van der Waals surface area contributed by atoms with Crippen LogP contribution in [0.1, 0.15) is 39.5 Å². The topological polar surface area (TPSA) is 40.5 Å². The van der Waals surface area contributed by atoms with Crippen LogP contribution in [0.15, 0.2) is 0 Å². The van der Waals surface area contributed by atoms with Crippen molar-refractivity contribution in [3.63, 3.8) is 0 Å². The standard InChI is InChI=1S/C11H21NO2/c1-9(2)7-12(8-11(13)14)10-5-3-4-6-10/h9-10H,3-8H2,1-2H3,(H,13,14). The van der Waals surface area contributed by atoms with Gasteiger partial charge in [0.05, 0.1) is 6.54 Å². The number of hydrogen-bond donors (Lipinski definition) is 1. The molecule has 1 rings (SSSR count). The van der Waals surface area contributed by atoms with Crippen molar-refractivity contribution in [2.45, 2.75) is 45.6 Å². The average Bonchev–Trinajstić information content (AvgIpc) is 2.52. The largest absolute Gasteiger partial charge is 0.480 e. The highest BCUT2D eigenvalue weighted by molar-refractivity contribution is 5.69. The van der Waals surface area contributed by atoms with Gasteiger partial charge in [-0.3, -0.25) is 9.69 Å². The van der Waals surface area contributed by atoms with Crippen LogP contribution in [0.4, 0.5) is 0 Å². The Labute approximate surface area is 86.1 Å². The van der Waals surface area contributed by atoms with E-state index in [-0.39, 0.29) is 6.54 Å². The van der Waals surface area contributed by atoms with E-state index < -0.39 is 5.97 Å². The van der Waals surface area contributed by atoms with Gasteiger partial charge >= 0.3 is 5.97 Å². The van der Waals surface area contributed by atoms with Gasteiger partial charge in [0.15, 0.2) is 0 Å². The third-order valence-electron chi connectivity index (χ3n) is 2.78. The first-order chi connectivity index (χ1) is 6.59. The predicted molar refractivity (Wildman–Crippen MR) is 56.3 cm³/mol. The lowest BCUT2D eigenvalue weighted by Crippen LogP contribution is -2.39. The minimum Gasteiger partial charge on any atom is -0.480 e. The van der Waals surface area contributed by atoms with Crippen LogP contribution in [-0.2, 0) is 4.79 Å². The first kappa shape index (κ1) is 11.5. The molecule has 1 aliphatic carbocycles. The lowest BCUT2D eigenvalue weighted by Gasteiger charge is -2.28. The molecular weight excluding hydrogens is 178 g/mol. The average molecular weight is 199 g/mol. The Morgan fingerprint density at radius 2 is 2.00 bits per heavy atom. The molecule has 82 valence electrons. The van der Waals surface area contributed by atoms with Crippen LogP contribution in [0, 0.1) is 5.92 Å². The molecule has 0 unspecified atom stereocenters. The molecule has 0 aliphatic heterocycles. The van der Waals surface area contributed by atoms with Gasteiger partial charge in [-0.25, -0.2) is 0 Å². The molecule has 0 spiro atoms. The van der Waals surface area contributed by atoms with Crippen molar-refractivity contribution in [1.29, 1.82) is 0 Å². The van der Waals surface area contributed by atoms with E-state index in [0.717, 1.165) is 6.54 Å². The van der Waals surface area contributed by atoms with Crippen LogP contribution in [0.3, 0.4) is 0 Å². The summed E-state index contributed by atoms with van der Waals surface area (Å²) in [5.74, 6) is -0.146. The number of hydrogen-bond acceptors (Lipinski definition) is 2. The monoisotopic (exact) mass is 199 g/mol. The normalized spacial score (nSPS) is 18.3. The Morgan fingerprint density at radius 1 is 1.43 bits per heavy atom. The maximum absolute atomic E-state index is 10.7. The van der Waals surface area contributed by atoms with Gasteiger partial charge in [0.1, 0.15) is 0 Å². The third-order valence-corrected chi connectivity index (χ3v) is 2.78. The Balaban J connectivity index is 2.46. The van der Waals surface area contributed by atoms with Gasteiger partial charge in [-0.05, 0) is 18.8 Å². The van der Waals surface area contributed by atoms with E-state index in [1.165, 1.54) is 25.7 Å². The summed E-state index contributed by atoms with van der Waals surface area (Å²) in [6.07, 6.45) is 4.89. The summed E-state index contributed by atoms with van der Waals surface area (Å²) in [4.78, 5) is 12.8. The zero-order valence-corrected chi connectivity index (χ0v) is 9.20. The molecule has 0 aromatic rings. The van der Waals surface area contributed by atoms with Gasteiger partial charge in [-0.2, -0.15) is 0 Å². The molecule has 1 aliphatic rings. The fraction of sp³-hybridized carbons (Fsp3) is 0.909. The molecule has 0 saturated heterocycles. The van der Waals surface area contributed by atoms with Gasteiger partial charge in [0, 0.05) is 12.6 Å². The summed E-state index contributed by atoms with van der Waals surface area (Å²) < 4.78 is 0. The molecule has 1 saturated carbocycles. The SMILES string of the molecule is CC(C)CN(CC(=O)O)C1CCCC1. The second-order valence-corrected chi connectivity index (χ2v) is 4.66. The highest BCUT2D eigenvalue weighted by Gasteiger charge is 2.24. The summed E-state index contributed by atoms with van der Waals surface area (Å²) in [5.41, 5.74) is 0. The second-order valence-electron chi connectivity index (χ2n) is 4.66. The fourth-order valence-electron chi connectivity index (χ4n) is 2.25. The van der Waals surface area contributed by atoms with Crippen LogP contribution in [0.2, 0.25) is 0 Å². The molecule has 14 heavy (non-hydrogen) atoms. The lowest BCUT2D eigenvalue weighted by molar-refractivity contribution is -0.139. The maximum Gasteiger partial charge on any atom is 0.317 e. The van der Waals surface area contributed by atoms with E-state index >= 15 is 0 Å². The molecule has 0 amide bonds. The summed E-state index contributed by atoms with van der Waals surface area (Å²) in [6, 6.07) is 0.522. The van der Waals surface area contributed by atoms with Crippen LogP contribution in [0.5, 0.6) is 0 Å². The lowest BCUT2D eigenvalue weighted by atomic mass is 10.1. The first-order valence-electron chi connectivity index (χ1n) is 5.55. The van der Waals surface area contributed by atoms with Gasteiger partial charge in [-0.1, -0.05) is 26.7 Å². The van der Waals surface area contributed by atoms with Gasteiger partial charge < -0.3 is 5.11 Å². The minimum absolute atomic E-state index is 0.211. The molecule has 0 bridgehead atoms. The fourth-order valence-corrected chi connectivity index (χ4v) is 2.25. The van der Waals surface area contributed by atoms with Crippen LogP contribution in [-0.4, -0.2) is 35.1 Å². The second kappa shape index (κ2) is 5.35. The minimum atomic E-state index is -0.697. The van der Waals surface area contributed by atoms with E-state index in [4.69, 9.17) is 5.11 Å². The predicted octanol–water partition coefficient (Wildman–Crippen LogP) is 1.97. The van der Waals surface area contributed by atoms with Gasteiger partial charge in [0.2, 0.25) is 0 Å². The van der Waals surface area contributed by atoms with Crippen molar-refractivity contribution in [2.24, 2.45) is 5.92 Å². The van der Waals surface area contributed by atoms with Crippen molar-refractivity contribution in [1.82, 2.24) is 4.90 Å². The first-order valence-corrected chi connectivity index (χ1v) is 5.55. The zero-order valence-electron chi connectivity index (χ0n) is 9.20. The summed E-state index contributed by atoms with van der Waals surface area (Å²) in [7, 11) is 0. The van der Waals surface area contributed by atoms with Crippen LogP contribution in [0.25, 0.3) is 0 Å². The highest BCUT2D eigenvalue weighted by atomic mass is 16.4. The summed E-state index contributed by atoms with van der Waals surface area (Å²) in [6.45, 7) is 5.41. The Hall–Kier alpha value is -0.570. The molecule has 3 nitrogen and oxygen atoms in total. The highest BCUT2D eigenvalue weighted by Crippen LogP contribution is 2.23. The molecule has 0 heterocycles. The smallest absolute Gasteiger partial charge is 0.317 e. The van der Waals surface area contributed by atoms with Gasteiger partial charge in [0.25, 0.3) is 0 Å². The van der Waals surface area contributed by atoms with Crippen molar-refractivity contribution in [2.75, 3.05) is 13.1 Å². The number of aliphatic carboxylic acids is 1. The Kier molecular flexibility index (Phi) is 4.39. The Morgan fingerprint density at radius 3 is 2.43 bits per heavy atom.